The minimum Gasteiger partial charge on any atom is -0.485 e. The molecule has 2 aromatic rings. The van der Waals surface area contributed by atoms with Crippen molar-refractivity contribution >= 4 is 12.1 Å². The van der Waals surface area contributed by atoms with Crippen molar-refractivity contribution in [2.45, 2.75) is 32.3 Å². The van der Waals surface area contributed by atoms with E-state index in [0.29, 0.717) is 11.5 Å². The van der Waals surface area contributed by atoms with E-state index in [1.807, 2.05) is 24.3 Å². The molecule has 1 aliphatic heterocycles. The number of ether oxygens (including phenoxy) is 2. The Bertz CT molecular complexity index is 782. The van der Waals surface area contributed by atoms with Crippen LogP contribution < -0.4 is 14.9 Å². The van der Waals surface area contributed by atoms with Crippen molar-refractivity contribution in [3.8, 4) is 11.5 Å². The van der Waals surface area contributed by atoms with Gasteiger partial charge < -0.3 is 9.47 Å². The number of hydrogen-bond acceptors (Lipinski definition) is 5. The van der Waals surface area contributed by atoms with Gasteiger partial charge in [-0.25, -0.2) is 5.43 Å². The van der Waals surface area contributed by atoms with Crippen molar-refractivity contribution < 1.29 is 14.3 Å². The summed E-state index contributed by atoms with van der Waals surface area (Å²) in [6.45, 7) is 6.51. The van der Waals surface area contributed by atoms with Crippen LogP contribution in [-0.2, 0) is 10.2 Å². The SMILES string of the molecule is CC(C)(C)c1ccc2c(c1)OC(C(=O)N/N=C\c1cccnc1)CO2. The zero-order chi connectivity index (χ0) is 17.9. The van der Waals surface area contributed by atoms with Crippen LogP contribution in [0, 0.1) is 0 Å². The second kappa shape index (κ2) is 6.93. The van der Waals surface area contributed by atoms with Crippen LogP contribution in [0.5, 0.6) is 11.5 Å². The molecule has 3 rings (SSSR count). The van der Waals surface area contributed by atoms with Gasteiger partial charge in [-0.05, 0) is 29.2 Å². The second-order valence-corrected chi connectivity index (χ2v) is 6.85. The molecule has 1 amide bonds. The van der Waals surface area contributed by atoms with E-state index in [4.69, 9.17) is 9.47 Å². The molecule has 25 heavy (non-hydrogen) atoms. The van der Waals surface area contributed by atoms with Crippen molar-refractivity contribution in [1.82, 2.24) is 10.4 Å². The van der Waals surface area contributed by atoms with Crippen molar-refractivity contribution in [3.05, 3.63) is 53.9 Å². The third-order valence-electron chi connectivity index (χ3n) is 3.83. The molecule has 1 aromatic heterocycles. The summed E-state index contributed by atoms with van der Waals surface area (Å²) in [5, 5.41) is 3.93. The van der Waals surface area contributed by atoms with Crippen LogP contribution in [0.1, 0.15) is 31.9 Å². The molecule has 1 aliphatic rings. The van der Waals surface area contributed by atoms with Crippen LogP contribution in [0.15, 0.2) is 47.8 Å². The van der Waals surface area contributed by atoms with E-state index in [2.05, 4.69) is 36.3 Å². The average molecular weight is 339 g/mol. The summed E-state index contributed by atoms with van der Waals surface area (Å²) in [6.07, 6.45) is 4.11. The lowest BCUT2D eigenvalue weighted by Crippen LogP contribution is -2.42. The van der Waals surface area contributed by atoms with Crippen LogP contribution >= 0.6 is 0 Å². The molecule has 1 aromatic carbocycles. The number of hydrazone groups is 1. The number of rotatable bonds is 3. The summed E-state index contributed by atoms with van der Waals surface area (Å²) in [4.78, 5) is 16.2. The summed E-state index contributed by atoms with van der Waals surface area (Å²) in [5.41, 5.74) is 4.37. The Balaban J connectivity index is 1.65. The van der Waals surface area contributed by atoms with Gasteiger partial charge in [-0.15, -0.1) is 0 Å². The topological polar surface area (TPSA) is 72.8 Å². The molecule has 1 N–H and O–H groups in total. The molecule has 0 spiro atoms. The number of amides is 1. The van der Waals surface area contributed by atoms with Crippen LogP contribution in [0.3, 0.4) is 0 Å². The summed E-state index contributed by atoms with van der Waals surface area (Å²) in [7, 11) is 0. The monoisotopic (exact) mass is 339 g/mol. The number of hydrogen-bond donors (Lipinski definition) is 1. The summed E-state index contributed by atoms with van der Waals surface area (Å²) < 4.78 is 11.5. The number of fused-ring (bicyclic) bond motifs is 1. The smallest absolute Gasteiger partial charge is 0.284 e. The quantitative estimate of drug-likeness (QED) is 0.689. The van der Waals surface area contributed by atoms with Gasteiger partial charge in [0.2, 0.25) is 6.10 Å². The Morgan fingerprint density at radius 3 is 2.88 bits per heavy atom. The summed E-state index contributed by atoms with van der Waals surface area (Å²) >= 11 is 0. The van der Waals surface area contributed by atoms with E-state index in [-0.39, 0.29) is 17.9 Å². The molecule has 0 aliphatic carbocycles. The number of carbonyl (C=O) groups excluding carboxylic acids is 1. The lowest BCUT2D eigenvalue weighted by atomic mass is 9.87. The average Bonchev–Trinajstić information content (AvgIpc) is 2.61. The van der Waals surface area contributed by atoms with Gasteiger partial charge in [-0.2, -0.15) is 5.10 Å². The standard InChI is InChI=1S/C19H21N3O3/c1-19(2,3)14-6-7-15-16(9-14)25-17(12-24-15)18(23)22-21-11-13-5-4-8-20-10-13/h4-11,17H,12H2,1-3H3,(H,22,23)/b21-11-. The normalized spacial score (nSPS) is 16.7. The van der Waals surface area contributed by atoms with Crippen molar-refractivity contribution in [1.29, 1.82) is 0 Å². The Hall–Kier alpha value is -2.89. The summed E-state index contributed by atoms with van der Waals surface area (Å²) in [6, 6.07) is 9.46. The number of aromatic nitrogens is 1. The van der Waals surface area contributed by atoms with Gasteiger partial charge in [0.25, 0.3) is 5.91 Å². The first-order chi connectivity index (χ1) is 11.9. The molecule has 0 bridgehead atoms. The zero-order valence-electron chi connectivity index (χ0n) is 14.5. The predicted molar refractivity (Wildman–Crippen MR) is 95.0 cm³/mol. The molecule has 0 saturated heterocycles. The number of pyridine rings is 1. The molecule has 6 heteroatoms. The zero-order valence-corrected chi connectivity index (χ0v) is 14.5. The Morgan fingerprint density at radius 2 is 2.16 bits per heavy atom. The second-order valence-electron chi connectivity index (χ2n) is 6.85. The van der Waals surface area contributed by atoms with E-state index in [1.165, 1.54) is 6.21 Å². The maximum absolute atomic E-state index is 12.2. The van der Waals surface area contributed by atoms with Gasteiger partial charge in [0.1, 0.15) is 6.61 Å². The van der Waals surface area contributed by atoms with Crippen LogP contribution in [-0.4, -0.2) is 29.8 Å². The first kappa shape index (κ1) is 17.0. The number of carbonyl (C=O) groups is 1. The van der Waals surface area contributed by atoms with Crippen LogP contribution in [0.2, 0.25) is 0 Å². The Labute approximate surface area is 146 Å². The van der Waals surface area contributed by atoms with Gasteiger partial charge in [0, 0.05) is 18.0 Å². The highest BCUT2D eigenvalue weighted by Crippen LogP contribution is 2.36. The number of benzene rings is 1. The van der Waals surface area contributed by atoms with E-state index in [9.17, 15) is 4.79 Å². The highest BCUT2D eigenvalue weighted by molar-refractivity contribution is 5.84. The van der Waals surface area contributed by atoms with Crippen molar-refractivity contribution in [2.24, 2.45) is 5.10 Å². The van der Waals surface area contributed by atoms with Gasteiger partial charge in [0.15, 0.2) is 11.5 Å². The van der Waals surface area contributed by atoms with Crippen molar-refractivity contribution in [3.63, 3.8) is 0 Å². The maximum Gasteiger partial charge on any atom is 0.284 e. The predicted octanol–water partition coefficient (Wildman–Crippen LogP) is 2.67. The van der Waals surface area contributed by atoms with Crippen LogP contribution in [0.25, 0.3) is 0 Å². The molecule has 0 saturated carbocycles. The molecular formula is C19H21N3O3. The molecule has 130 valence electrons. The molecule has 6 nitrogen and oxygen atoms in total. The van der Waals surface area contributed by atoms with Gasteiger partial charge >= 0.3 is 0 Å². The van der Waals surface area contributed by atoms with Crippen molar-refractivity contribution in [2.75, 3.05) is 6.61 Å². The largest absolute Gasteiger partial charge is 0.485 e. The van der Waals surface area contributed by atoms with Gasteiger partial charge in [-0.3, -0.25) is 9.78 Å². The Morgan fingerprint density at radius 1 is 1.32 bits per heavy atom. The maximum atomic E-state index is 12.2. The van der Waals surface area contributed by atoms with E-state index in [0.717, 1.165) is 11.1 Å². The molecule has 1 atom stereocenters. The first-order valence-corrected chi connectivity index (χ1v) is 8.10. The first-order valence-electron chi connectivity index (χ1n) is 8.10. The highest BCUT2D eigenvalue weighted by atomic mass is 16.6. The van der Waals surface area contributed by atoms with Gasteiger partial charge in [-0.1, -0.05) is 32.9 Å². The minimum absolute atomic E-state index is 0.0123. The summed E-state index contributed by atoms with van der Waals surface area (Å²) in [5.74, 6) is 0.873. The molecular weight excluding hydrogens is 318 g/mol. The third-order valence-corrected chi connectivity index (χ3v) is 3.83. The number of nitrogens with zero attached hydrogens (tertiary/aromatic N) is 2. The molecule has 0 fully saturated rings. The fraction of sp³-hybridized carbons (Fsp3) is 0.316. The Kier molecular flexibility index (Phi) is 4.70. The van der Waals surface area contributed by atoms with E-state index < -0.39 is 6.10 Å². The van der Waals surface area contributed by atoms with Crippen LogP contribution in [0.4, 0.5) is 0 Å². The fourth-order valence-corrected chi connectivity index (χ4v) is 2.36. The lowest BCUT2D eigenvalue weighted by molar-refractivity contribution is -0.130. The minimum atomic E-state index is -0.742. The molecule has 0 radical (unpaired) electrons. The van der Waals surface area contributed by atoms with E-state index in [1.54, 1.807) is 18.5 Å². The molecule has 1 unspecified atom stereocenters. The third kappa shape index (κ3) is 4.15. The lowest BCUT2D eigenvalue weighted by Gasteiger charge is -2.27. The number of nitrogens with one attached hydrogen (secondary N) is 1. The highest BCUT2D eigenvalue weighted by Gasteiger charge is 2.28. The fourth-order valence-electron chi connectivity index (χ4n) is 2.36. The molecule has 2 heterocycles. The van der Waals surface area contributed by atoms with Gasteiger partial charge in [0.05, 0.1) is 6.21 Å². The van der Waals surface area contributed by atoms with E-state index >= 15 is 0 Å².